The molecule has 5 aliphatic rings. The Kier molecular flexibility index (Phi) is 12.0. The van der Waals surface area contributed by atoms with E-state index in [9.17, 15) is 66.4 Å². The molecule has 20 heteroatoms. The van der Waals surface area contributed by atoms with E-state index in [1.54, 1.807) is 0 Å². The summed E-state index contributed by atoms with van der Waals surface area (Å²) in [6.45, 7) is -2.35. The number of phenolic OH excluding ortho intramolecular Hbond substituents is 1. The van der Waals surface area contributed by atoms with E-state index in [0.717, 1.165) is 6.08 Å². The maximum absolute atomic E-state index is 11.2. The number of phenols is 1. The molecule has 4 heterocycles. The summed E-state index contributed by atoms with van der Waals surface area (Å²) in [5, 5.41) is 134. The number of benzene rings is 1. The predicted octanol–water partition coefficient (Wildman–Crippen LogP) is -5.31. The van der Waals surface area contributed by atoms with Gasteiger partial charge in [-0.05, 0) is 24.3 Å². The third-order valence-electron chi connectivity index (χ3n) is 9.44. The summed E-state index contributed by atoms with van der Waals surface area (Å²) in [6, 6.07) is 5.65. The molecule has 294 valence electrons. The van der Waals surface area contributed by atoms with Gasteiger partial charge in [-0.15, -0.1) is 0 Å². The minimum Gasteiger partial charge on any atom is -0.571 e. The largest absolute Gasteiger partial charge is 0.571 e. The topological polar surface area (TPSA) is 331 Å². The summed E-state index contributed by atoms with van der Waals surface area (Å²) in [5.41, 5.74) is 0.493. The summed E-state index contributed by atoms with van der Waals surface area (Å²) in [5.74, 6) is -0.697. The zero-order valence-electron chi connectivity index (χ0n) is 27.6. The van der Waals surface area contributed by atoms with Crippen molar-refractivity contribution in [1.82, 2.24) is 0 Å². The summed E-state index contributed by atoms with van der Waals surface area (Å²) in [6.07, 6.45) is -22.9. The quantitative estimate of drug-likeness (QED) is 0.0991. The van der Waals surface area contributed by atoms with Gasteiger partial charge in [0.1, 0.15) is 84.4 Å². The Morgan fingerprint density at radius 2 is 1.11 bits per heavy atom. The normalized spacial score (nSPS) is 41.8. The smallest absolute Gasteiger partial charge is 0.305 e. The lowest BCUT2D eigenvalue weighted by Gasteiger charge is -2.46. The van der Waals surface area contributed by atoms with Crippen molar-refractivity contribution in [2.24, 2.45) is 0 Å². The lowest BCUT2D eigenvalue weighted by atomic mass is 9.96. The third-order valence-corrected chi connectivity index (χ3v) is 9.44. The molecular formula is C33H43O20+. The van der Waals surface area contributed by atoms with E-state index in [0.29, 0.717) is 5.56 Å². The van der Waals surface area contributed by atoms with Crippen molar-refractivity contribution in [2.45, 2.75) is 98.2 Å². The van der Waals surface area contributed by atoms with Gasteiger partial charge in [0.05, 0.1) is 37.0 Å². The molecule has 1 aromatic rings. The van der Waals surface area contributed by atoms with Gasteiger partial charge in [0.15, 0.2) is 12.4 Å². The van der Waals surface area contributed by atoms with Crippen LogP contribution in [0.2, 0.25) is 0 Å². The number of aromatic hydroxyl groups is 1. The van der Waals surface area contributed by atoms with Crippen LogP contribution < -0.4 is 0 Å². The molecule has 4 aliphatic heterocycles. The fraction of sp³-hybridized carbons (Fsp3) is 0.576. The average Bonchev–Trinajstić information content (AvgIpc) is 3.14. The molecular weight excluding hydrogens is 716 g/mol. The van der Waals surface area contributed by atoms with Crippen LogP contribution in [0, 0.1) is 0 Å². The van der Waals surface area contributed by atoms with Gasteiger partial charge < -0.3 is 99.5 Å². The van der Waals surface area contributed by atoms with E-state index in [4.69, 9.17) is 33.2 Å². The van der Waals surface area contributed by atoms with Crippen molar-refractivity contribution in [2.75, 3.05) is 19.8 Å². The van der Waals surface area contributed by atoms with Crippen molar-refractivity contribution in [3.8, 4) is 5.75 Å². The molecule has 0 saturated carbocycles. The SMILES string of the molecule is OCC1OC(OC2=CC(O)=CC3[OH+]C(c4ccc(O)cc4)=C(OC4OC(CO)C(O)C(O)C4OC4OC(CO)C(O)C(O)C4O)C=C23)C(O)C(O)C1O. The summed E-state index contributed by atoms with van der Waals surface area (Å²) in [4.78, 5) is 0. The molecule has 0 bridgehead atoms. The van der Waals surface area contributed by atoms with Crippen LogP contribution in [0.25, 0.3) is 5.76 Å². The highest BCUT2D eigenvalue weighted by Crippen LogP contribution is 2.40. The second-order valence-electron chi connectivity index (χ2n) is 13.0. The zero-order valence-corrected chi connectivity index (χ0v) is 27.6. The molecule has 0 amide bonds. The Balaban J connectivity index is 1.37. The van der Waals surface area contributed by atoms with Crippen molar-refractivity contribution < 1.29 is 99.5 Å². The third kappa shape index (κ3) is 7.76. The lowest BCUT2D eigenvalue weighted by molar-refractivity contribution is -0.363. The first-order valence-electron chi connectivity index (χ1n) is 16.6. The van der Waals surface area contributed by atoms with Gasteiger partial charge in [-0.1, -0.05) is 0 Å². The Morgan fingerprint density at radius 1 is 0.585 bits per heavy atom. The summed E-state index contributed by atoms with van der Waals surface area (Å²) in [7, 11) is 0. The van der Waals surface area contributed by atoms with Gasteiger partial charge in [0.2, 0.25) is 24.4 Å². The summed E-state index contributed by atoms with van der Waals surface area (Å²) < 4.78 is 39.3. The number of hydrogen-bond donors (Lipinski definition) is 13. The number of rotatable bonds is 10. The molecule has 0 spiro atoms. The fourth-order valence-corrected chi connectivity index (χ4v) is 6.41. The molecule has 6 rings (SSSR count). The number of aliphatic hydroxyl groups excluding tert-OH is 12. The van der Waals surface area contributed by atoms with Gasteiger partial charge in [-0.3, -0.25) is 0 Å². The minimum absolute atomic E-state index is 0.0632. The lowest BCUT2D eigenvalue weighted by Crippen LogP contribution is -2.64. The highest BCUT2D eigenvalue weighted by molar-refractivity contribution is 5.68. The van der Waals surface area contributed by atoms with E-state index in [-0.39, 0.29) is 34.4 Å². The molecule has 3 fully saturated rings. The van der Waals surface area contributed by atoms with Crippen LogP contribution in [0.1, 0.15) is 5.56 Å². The van der Waals surface area contributed by atoms with Crippen molar-refractivity contribution >= 4 is 5.76 Å². The molecule has 1 aromatic carbocycles. The highest BCUT2D eigenvalue weighted by Gasteiger charge is 2.52. The monoisotopic (exact) mass is 759 g/mol. The van der Waals surface area contributed by atoms with Crippen LogP contribution in [-0.4, -0.2) is 189 Å². The highest BCUT2D eigenvalue weighted by atomic mass is 16.8. The molecule has 16 unspecified atom stereocenters. The van der Waals surface area contributed by atoms with Crippen LogP contribution in [-0.2, 0) is 28.4 Å². The van der Waals surface area contributed by atoms with E-state index < -0.39 is 118 Å². The molecule has 1 aliphatic carbocycles. The maximum atomic E-state index is 11.2. The number of fused-ring (bicyclic) bond motifs is 1. The van der Waals surface area contributed by atoms with Crippen molar-refractivity contribution in [3.63, 3.8) is 0 Å². The van der Waals surface area contributed by atoms with E-state index in [1.165, 1.54) is 36.4 Å². The number of hydrogen-bond acceptors (Lipinski definition) is 19. The Bertz CT molecular complexity index is 1560. The fourth-order valence-electron chi connectivity index (χ4n) is 6.41. The molecule has 3 saturated heterocycles. The summed E-state index contributed by atoms with van der Waals surface area (Å²) >= 11 is 0. The van der Waals surface area contributed by atoms with Gasteiger partial charge in [0.25, 0.3) is 0 Å². The van der Waals surface area contributed by atoms with Gasteiger partial charge in [0, 0.05) is 12.2 Å². The number of aliphatic hydroxyl groups is 14. The van der Waals surface area contributed by atoms with Gasteiger partial charge >= 0.3 is 5.76 Å². The second kappa shape index (κ2) is 16.1. The van der Waals surface area contributed by atoms with Crippen LogP contribution in [0.15, 0.2) is 65.3 Å². The van der Waals surface area contributed by atoms with Crippen molar-refractivity contribution in [3.05, 3.63) is 70.9 Å². The first-order chi connectivity index (χ1) is 25.3. The van der Waals surface area contributed by atoms with Crippen LogP contribution in [0.4, 0.5) is 0 Å². The maximum Gasteiger partial charge on any atom is 0.305 e. The number of ether oxygens (including phenoxy) is 7. The van der Waals surface area contributed by atoms with Crippen LogP contribution in [0.5, 0.6) is 5.75 Å². The Hall–Kier alpha value is -3.42. The zero-order chi connectivity index (χ0) is 38.3. The van der Waals surface area contributed by atoms with Crippen LogP contribution in [0.3, 0.4) is 0 Å². The predicted molar refractivity (Wildman–Crippen MR) is 170 cm³/mol. The molecule has 14 N–H and O–H groups in total. The molecule has 0 radical (unpaired) electrons. The number of allylic oxidation sites excluding steroid dienone is 2. The van der Waals surface area contributed by atoms with E-state index in [2.05, 4.69) is 0 Å². The Labute approximate surface area is 300 Å². The molecule has 53 heavy (non-hydrogen) atoms. The second-order valence-corrected chi connectivity index (χ2v) is 13.0. The standard InChI is InChI=1S/C33H42O20/c34-8-18-21(39)24(42)27(45)31(50-18)48-16-6-13(38)5-15-14(16)7-17(29(47-15)11-1-3-12(37)4-2-11)49-33-30(26(44)23(41)20(10-36)52-33)53-32-28(46)25(43)22(40)19(9-35)51-32/h1-7,15,18-28,30-46H,8-10H2/p+1. The van der Waals surface area contributed by atoms with Gasteiger partial charge in [-0.2, -0.15) is 0 Å². The average molecular weight is 760 g/mol. The van der Waals surface area contributed by atoms with E-state index in [1.807, 2.05) is 0 Å². The first-order valence-corrected chi connectivity index (χ1v) is 16.6. The molecule has 0 aromatic heterocycles. The van der Waals surface area contributed by atoms with Gasteiger partial charge in [-0.25, -0.2) is 0 Å². The van der Waals surface area contributed by atoms with Crippen LogP contribution >= 0.6 is 0 Å². The minimum atomic E-state index is -1.93. The van der Waals surface area contributed by atoms with Crippen molar-refractivity contribution in [1.29, 1.82) is 0 Å². The first kappa shape index (κ1) is 39.3. The Morgan fingerprint density at radius 3 is 1.70 bits per heavy atom. The molecule has 20 nitrogen and oxygen atoms in total. The van der Waals surface area contributed by atoms with E-state index >= 15 is 0 Å². The molecule has 16 atom stereocenters.